The van der Waals surface area contributed by atoms with Crippen LogP contribution >= 0.6 is 0 Å². The van der Waals surface area contributed by atoms with E-state index in [1.54, 1.807) is 19.9 Å². The lowest BCUT2D eigenvalue weighted by Crippen LogP contribution is -2.46. The van der Waals surface area contributed by atoms with Crippen molar-refractivity contribution in [3.63, 3.8) is 0 Å². The molecule has 1 aliphatic heterocycles. The van der Waals surface area contributed by atoms with Crippen molar-refractivity contribution in [1.82, 2.24) is 4.90 Å². The summed E-state index contributed by atoms with van der Waals surface area (Å²) in [4.78, 5) is 26.6. The van der Waals surface area contributed by atoms with Crippen molar-refractivity contribution in [1.29, 1.82) is 0 Å². The number of hydrogen-bond acceptors (Lipinski definition) is 6. The third-order valence-electron chi connectivity index (χ3n) is 5.01. The quantitative estimate of drug-likeness (QED) is 0.702. The molecule has 0 spiro atoms. The van der Waals surface area contributed by atoms with Crippen LogP contribution in [-0.2, 0) is 19.4 Å². The Morgan fingerprint density at radius 1 is 1.39 bits per heavy atom. The molecule has 7 nitrogen and oxygen atoms in total. The van der Waals surface area contributed by atoms with Gasteiger partial charge in [-0.2, -0.15) is 0 Å². The third kappa shape index (κ3) is 3.76. The van der Waals surface area contributed by atoms with Gasteiger partial charge in [0.15, 0.2) is 27.3 Å². The fourth-order valence-corrected chi connectivity index (χ4v) is 5.25. The highest BCUT2D eigenvalue weighted by Crippen LogP contribution is 2.28. The van der Waals surface area contributed by atoms with Gasteiger partial charge in [-0.3, -0.25) is 4.79 Å². The summed E-state index contributed by atoms with van der Waals surface area (Å²) in [6.45, 7) is 5.07. The SMILES string of the molecule is CCN(C(=O)[C@H](C)OC(=O)c1oc2c(F)cccc2c1C)[C@@H]1CCS(=O)(=O)C1. The van der Waals surface area contributed by atoms with Gasteiger partial charge < -0.3 is 14.1 Å². The summed E-state index contributed by atoms with van der Waals surface area (Å²) >= 11 is 0. The van der Waals surface area contributed by atoms with Gasteiger partial charge in [0.1, 0.15) is 0 Å². The lowest BCUT2D eigenvalue weighted by Gasteiger charge is -2.29. The van der Waals surface area contributed by atoms with Crippen molar-refractivity contribution in [3.8, 4) is 0 Å². The Morgan fingerprint density at radius 3 is 2.68 bits per heavy atom. The van der Waals surface area contributed by atoms with Crippen LogP contribution in [0, 0.1) is 12.7 Å². The van der Waals surface area contributed by atoms with Crippen LogP contribution in [0.4, 0.5) is 4.39 Å². The van der Waals surface area contributed by atoms with E-state index in [4.69, 9.17) is 9.15 Å². The third-order valence-corrected chi connectivity index (χ3v) is 6.76. The number of sulfone groups is 1. The van der Waals surface area contributed by atoms with Gasteiger partial charge in [-0.25, -0.2) is 17.6 Å². The average molecular weight is 411 g/mol. The summed E-state index contributed by atoms with van der Waals surface area (Å²) in [5.74, 6) is -2.15. The van der Waals surface area contributed by atoms with Gasteiger partial charge in [-0.1, -0.05) is 12.1 Å². The Morgan fingerprint density at radius 2 is 2.11 bits per heavy atom. The van der Waals surface area contributed by atoms with Crippen molar-refractivity contribution in [2.24, 2.45) is 0 Å². The normalized spacial score (nSPS) is 19.5. The molecule has 0 radical (unpaired) electrons. The van der Waals surface area contributed by atoms with Crippen molar-refractivity contribution in [2.45, 2.75) is 39.3 Å². The maximum absolute atomic E-state index is 13.9. The monoisotopic (exact) mass is 411 g/mol. The van der Waals surface area contributed by atoms with E-state index in [2.05, 4.69) is 0 Å². The van der Waals surface area contributed by atoms with E-state index in [9.17, 15) is 22.4 Å². The second kappa shape index (κ2) is 7.54. The second-order valence-electron chi connectivity index (χ2n) is 6.90. The van der Waals surface area contributed by atoms with Gasteiger partial charge in [0.05, 0.1) is 11.5 Å². The number of amides is 1. The number of rotatable bonds is 5. The molecule has 0 saturated carbocycles. The largest absolute Gasteiger partial charge is 0.447 e. The number of hydrogen-bond donors (Lipinski definition) is 0. The van der Waals surface area contributed by atoms with Crippen LogP contribution in [0.5, 0.6) is 0 Å². The van der Waals surface area contributed by atoms with Crippen LogP contribution in [0.3, 0.4) is 0 Å². The van der Waals surface area contributed by atoms with E-state index < -0.39 is 39.7 Å². The van der Waals surface area contributed by atoms with Crippen LogP contribution in [-0.4, -0.2) is 55.4 Å². The molecular formula is C19H22FNO6S. The Balaban J connectivity index is 1.76. The van der Waals surface area contributed by atoms with Crippen LogP contribution in [0.2, 0.25) is 0 Å². The number of esters is 1. The van der Waals surface area contributed by atoms with Crippen LogP contribution in [0.1, 0.15) is 36.4 Å². The molecular weight excluding hydrogens is 389 g/mol. The van der Waals surface area contributed by atoms with Gasteiger partial charge >= 0.3 is 5.97 Å². The summed E-state index contributed by atoms with van der Waals surface area (Å²) in [5, 5.41) is 0.456. The lowest BCUT2D eigenvalue weighted by molar-refractivity contribution is -0.141. The van der Waals surface area contributed by atoms with Gasteiger partial charge in [0.2, 0.25) is 5.76 Å². The molecule has 2 atom stereocenters. The second-order valence-corrected chi connectivity index (χ2v) is 9.13. The number of fused-ring (bicyclic) bond motifs is 1. The summed E-state index contributed by atoms with van der Waals surface area (Å²) in [5.41, 5.74) is 0.380. The molecule has 0 aliphatic carbocycles. The molecule has 0 unspecified atom stereocenters. The van der Waals surface area contributed by atoms with Gasteiger partial charge in [-0.05, 0) is 33.3 Å². The number of furan rings is 1. The first kappa shape index (κ1) is 20.3. The summed E-state index contributed by atoms with van der Waals surface area (Å²) in [6, 6.07) is 3.94. The number of nitrogens with zero attached hydrogens (tertiary/aromatic N) is 1. The summed E-state index contributed by atoms with van der Waals surface area (Å²) in [7, 11) is -3.15. The average Bonchev–Trinajstić information content (AvgIpc) is 3.16. The highest BCUT2D eigenvalue weighted by molar-refractivity contribution is 7.91. The molecule has 1 aliphatic rings. The topological polar surface area (TPSA) is 93.9 Å². The van der Waals surface area contributed by atoms with E-state index in [0.29, 0.717) is 23.9 Å². The van der Waals surface area contributed by atoms with E-state index in [1.165, 1.54) is 24.0 Å². The number of likely N-dealkylation sites (N-methyl/N-ethyl adjacent to an activating group) is 1. The summed E-state index contributed by atoms with van der Waals surface area (Å²) in [6.07, 6.45) is -0.766. The lowest BCUT2D eigenvalue weighted by atomic mass is 10.1. The van der Waals surface area contributed by atoms with E-state index in [1.807, 2.05) is 0 Å². The Labute approximate surface area is 162 Å². The van der Waals surface area contributed by atoms with Crippen molar-refractivity contribution < 1.29 is 31.6 Å². The standard InChI is InChI=1S/C19H22FNO6S/c1-4-21(13-8-9-28(24,25)10-13)18(22)12(3)26-19(23)16-11(2)14-6-5-7-15(20)17(14)27-16/h5-7,12-13H,4,8-10H2,1-3H3/t12-,13+/m0/s1. The smallest absolute Gasteiger partial charge is 0.375 e. The number of benzene rings is 1. The number of para-hydroxylation sites is 1. The first-order valence-electron chi connectivity index (χ1n) is 9.04. The molecule has 1 aromatic carbocycles. The van der Waals surface area contributed by atoms with E-state index >= 15 is 0 Å². The van der Waals surface area contributed by atoms with Crippen LogP contribution in [0.15, 0.2) is 22.6 Å². The van der Waals surface area contributed by atoms with Crippen molar-refractivity contribution in [3.05, 3.63) is 35.3 Å². The van der Waals surface area contributed by atoms with Crippen LogP contribution in [0.25, 0.3) is 11.0 Å². The fraction of sp³-hybridized carbons (Fsp3) is 0.474. The highest BCUT2D eigenvalue weighted by atomic mass is 32.2. The van der Waals surface area contributed by atoms with Crippen LogP contribution < -0.4 is 0 Å². The molecule has 1 fully saturated rings. The zero-order valence-corrected chi connectivity index (χ0v) is 16.7. The highest BCUT2D eigenvalue weighted by Gasteiger charge is 2.36. The number of carbonyl (C=O) groups is 2. The van der Waals surface area contributed by atoms with E-state index in [-0.39, 0.29) is 22.8 Å². The molecule has 0 N–H and O–H groups in total. The Kier molecular flexibility index (Phi) is 5.47. The molecule has 3 rings (SSSR count). The molecule has 152 valence electrons. The van der Waals surface area contributed by atoms with Crippen molar-refractivity contribution in [2.75, 3.05) is 18.1 Å². The minimum Gasteiger partial charge on any atom is -0.447 e. The minimum atomic E-state index is -3.15. The van der Waals surface area contributed by atoms with Crippen molar-refractivity contribution >= 4 is 32.7 Å². The molecule has 1 saturated heterocycles. The Bertz CT molecular complexity index is 1030. The predicted octanol–water partition coefficient (Wildman–Crippen LogP) is 2.46. The molecule has 28 heavy (non-hydrogen) atoms. The first-order valence-corrected chi connectivity index (χ1v) is 10.9. The first-order chi connectivity index (χ1) is 13.1. The molecule has 2 heterocycles. The molecule has 9 heteroatoms. The number of halogens is 1. The molecule has 0 bridgehead atoms. The zero-order chi connectivity index (χ0) is 20.6. The van der Waals surface area contributed by atoms with Gasteiger partial charge in [0, 0.05) is 23.5 Å². The van der Waals surface area contributed by atoms with Gasteiger partial charge in [0.25, 0.3) is 5.91 Å². The molecule has 1 amide bonds. The Hall–Kier alpha value is -2.42. The minimum absolute atomic E-state index is 0.0410. The molecule has 2 aromatic rings. The van der Waals surface area contributed by atoms with E-state index in [0.717, 1.165) is 0 Å². The maximum Gasteiger partial charge on any atom is 0.375 e. The number of carbonyl (C=O) groups excluding carboxylic acids is 2. The molecule has 1 aromatic heterocycles. The predicted molar refractivity (Wildman–Crippen MR) is 100 cm³/mol. The number of aryl methyl sites for hydroxylation is 1. The fourth-order valence-electron chi connectivity index (χ4n) is 3.52. The number of ether oxygens (including phenoxy) is 1. The zero-order valence-electron chi connectivity index (χ0n) is 15.9. The maximum atomic E-state index is 13.9. The van der Waals surface area contributed by atoms with Gasteiger partial charge in [-0.15, -0.1) is 0 Å². The summed E-state index contributed by atoms with van der Waals surface area (Å²) < 4.78 is 47.8.